The van der Waals surface area contributed by atoms with Crippen molar-refractivity contribution in [3.8, 4) is 0 Å². The molecule has 3 nitrogen and oxygen atoms in total. The molecule has 19 heavy (non-hydrogen) atoms. The minimum Gasteiger partial charge on any atom is -0.380 e. The van der Waals surface area contributed by atoms with E-state index in [4.69, 9.17) is 4.74 Å². The van der Waals surface area contributed by atoms with E-state index < -0.39 is 0 Å². The summed E-state index contributed by atoms with van der Waals surface area (Å²) in [6.07, 6.45) is 8.48. The maximum atomic E-state index is 5.75. The van der Waals surface area contributed by atoms with Crippen molar-refractivity contribution < 1.29 is 4.74 Å². The van der Waals surface area contributed by atoms with Crippen molar-refractivity contribution in [2.45, 2.75) is 76.1 Å². The van der Waals surface area contributed by atoms with Gasteiger partial charge in [0.05, 0.1) is 6.10 Å². The molecule has 0 radical (unpaired) electrons. The van der Waals surface area contributed by atoms with Crippen LogP contribution < -0.4 is 5.32 Å². The zero-order valence-electron chi connectivity index (χ0n) is 12.8. The van der Waals surface area contributed by atoms with Gasteiger partial charge in [-0.05, 0) is 51.4 Å². The summed E-state index contributed by atoms with van der Waals surface area (Å²) >= 11 is 0. The molecule has 1 heterocycles. The minimum atomic E-state index is 0.354. The molecule has 3 fully saturated rings. The molecule has 0 amide bonds. The van der Waals surface area contributed by atoms with Gasteiger partial charge in [-0.3, -0.25) is 4.90 Å². The van der Waals surface area contributed by atoms with Gasteiger partial charge < -0.3 is 10.1 Å². The Morgan fingerprint density at radius 1 is 1.26 bits per heavy atom. The Hall–Kier alpha value is -0.120. The van der Waals surface area contributed by atoms with E-state index in [9.17, 15) is 0 Å². The lowest BCUT2D eigenvalue weighted by Crippen LogP contribution is -2.66. The molecule has 3 rings (SSSR count). The van der Waals surface area contributed by atoms with E-state index in [2.05, 4.69) is 24.1 Å². The largest absolute Gasteiger partial charge is 0.380 e. The fourth-order valence-corrected chi connectivity index (χ4v) is 4.35. The van der Waals surface area contributed by atoms with E-state index in [1.807, 2.05) is 7.11 Å². The zero-order valence-corrected chi connectivity index (χ0v) is 12.8. The van der Waals surface area contributed by atoms with Crippen LogP contribution in [0.1, 0.15) is 52.4 Å². The van der Waals surface area contributed by atoms with Crippen LogP contribution >= 0.6 is 0 Å². The molecule has 0 spiro atoms. The number of piperazine rings is 1. The van der Waals surface area contributed by atoms with E-state index in [0.717, 1.165) is 12.5 Å². The third-order valence-electron chi connectivity index (χ3n) is 5.82. The molecule has 3 heteroatoms. The second-order valence-electron chi connectivity index (χ2n) is 7.08. The Kier molecular flexibility index (Phi) is 3.89. The van der Waals surface area contributed by atoms with Gasteiger partial charge in [0.1, 0.15) is 0 Å². The molecule has 0 aromatic rings. The molecule has 110 valence electrons. The first kappa shape index (κ1) is 13.8. The van der Waals surface area contributed by atoms with Crippen LogP contribution in [0.5, 0.6) is 0 Å². The first-order chi connectivity index (χ1) is 9.18. The van der Waals surface area contributed by atoms with Crippen molar-refractivity contribution in [3.63, 3.8) is 0 Å². The molecule has 4 atom stereocenters. The standard InChI is InChI=1S/C16H30N2O/c1-4-13-10-17-16(2,12-8-9-12)11-18(13)14-6-5-7-15(14)19-3/h12-15,17H,4-11H2,1-3H3. The fraction of sp³-hybridized carbons (Fsp3) is 1.00. The number of nitrogens with zero attached hydrogens (tertiary/aromatic N) is 1. The molecular formula is C16H30N2O. The molecule has 0 aromatic carbocycles. The molecule has 4 unspecified atom stereocenters. The second-order valence-corrected chi connectivity index (χ2v) is 7.08. The zero-order chi connectivity index (χ0) is 13.5. The van der Waals surface area contributed by atoms with Gasteiger partial charge in [-0.25, -0.2) is 0 Å². The van der Waals surface area contributed by atoms with E-state index in [-0.39, 0.29) is 0 Å². The van der Waals surface area contributed by atoms with Crippen LogP contribution in [0.3, 0.4) is 0 Å². The summed E-state index contributed by atoms with van der Waals surface area (Å²) in [4.78, 5) is 2.80. The quantitative estimate of drug-likeness (QED) is 0.845. The monoisotopic (exact) mass is 266 g/mol. The fourth-order valence-electron chi connectivity index (χ4n) is 4.35. The summed E-state index contributed by atoms with van der Waals surface area (Å²) < 4.78 is 5.75. The maximum absolute atomic E-state index is 5.75. The third kappa shape index (κ3) is 2.57. The first-order valence-electron chi connectivity index (χ1n) is 8.21. The summed E-state index contributed by atoms with van der Waals surface area (Å²) in [7, 11) is 1.90. The lowest BCUT2D eigenvalue weighted by atomic mass is 9.89. The van der Waals surface area contributed by atoms with Gasteiger partial charge in [0.15, 0.2) is 0 Å². The molecule has 2 saturated carbocycles. The summed E-state index contributed by atoms with van der Waals surface area (Å²) in [5.41, 5.74) is 0.354. The molecule has 1 aliphatic heterocycles. The second kappa shape index (κ2) is 5.34. The van der Waals surface area contributed by atoms with Gasteiger partial charge >= 0.3 is 0 Å². The molecule has 0 aromatic heterocycles. The molecule has 3 aliphatic rings. The number of hydrogen-bond acceptors (Lipinski definition) is 3. The lowest BCUT2D eigenvalue weighted by Gasteiger charge is -2.50. The van der Waals surface area contributed by atoms with Crippen molar-refractivity contribution in [2.24, 2.45) is 5.92 Å². The van der Waals surface area contributed by atoms with E-state index in [1.165, 1.54) is 45.1 Å². The number of methoxy groups -OCH3 is 1. The average Bonchev–Trinajstić information content (AvgIpc) is 3.18. The summed E-state index contributed by atoms with van der Waals surface area (Å²) in [6, 6.07) is 1.36. The van der Waals surface area contributed by atoms with E-state index in [1.54, 1.807) is 0 Å². The molecule has 1 N–H and O–H groups in total. The van der Waals surface area contributed by atoms with Crippen molar-refractivity contribution in [2.75, 3.05) is 20.2 Å². The highest BCUT2D eigenvalue weighted by molar-refractivity contribution is 5.06. The Balaban J connectivity index is 1.74. The van der Waals surface area contributed by atoms with Crippen LogP contribution in [0, 0.1) is 5.92 Å². The third-order valence-corrected chi connectivity index (χ3v) is 5.82. The number of rotatable bonds is 4. The number of hydrogen-bond donors (Lipinski definition) is 1. The van der Waals surface area contributed by atoms with Crippen LogP contribution in [-0.2, 0) is 4.74 Å². The van der Waals surface area contributed by atoms with Crippen LogP contribution in [0.25, 0.3) is 0 Å². The predicted molar refractivity (Wildman–Crippen MR) is 78.4 cm³/mol. The maximum Gasteiger partial charge on any atom is 0.0726 e. The summed E-state index contributed by atoms with van der Waals surface area (Å²) in [5, 5.41) is 3.86. The van der Waals surface area contributed by atoms with Crippen LogP contribution in [0.2, 0.25) is 0 Å². The molecular weight excluding hydrogens is 236 g/mol. The highest BCUT2D eigenvalue weighted by Gasteiger charge is 2.48. The van der Waals surface area contributed by atoms with E-state index >= 15 is 0 Å². The summed E-state index contributed by atoms with van der Waals surface area (Å²) in [6.45, 7) is 7.16. The highest BCUT2D eigenvalue weighted by Crippen LogP contribution is 2.43. The van der Waals surface area contributed by atoms with Crippen LogP contribution in [-0.4, -0.2) is 48.8 Å². The van der Waals surface area contributed by atoms with Crippen molar-refractivity contribution in [3.05, 3.63) is 0 Å². The lowest BCUT2D eigenvalue weighted by molar-refractivity contribution is -0.0226. The SMILES string of the molecule is CCC1CNC(C)(C2CC2)CN1C1CCCC1OC. The van der Waals surface area contributed by atoms with Gasteiger partial charge in [-0.15, -0.1) is 0 Å². The molecule has 1 saturated heterocycles. The Bertz CT molecular complexity index is 318. The Morgan fingerprint density at radius 2 is 2.05 bits per heavy atom. The molecule has 2 aliphatic carbocycles. The van der Waals surface area contributed by atoms with Crippen molar-refractivity contribution in [1.29, 1.82) is 0 Å². The van der Waals surface area contributed by atoms with Gasteiger partial charge in [0, 0.05) is 37.8 Å². The number of ether oxygens (including phenoxy) is 1. The number of nitrogens with one attached hydrogen (secondary N) is 1. The normalized spacial score (nSPS) is 44.7. The molecule has 0 bridgehead atoms. The summed E-state index contributed by atoms with van der Waals surface area (Å²) in [5.74, 6) is 0.912. The average molecular weight is 266 g/mol. The van der Waals surface area contributed by atoms with Gasteiger partial charge in [0.25, 0.3) is 0 Å². The Morgan fingerprint density at radius 3 is 2.68 bits per heavy atom. The minimum absolute atomic E-state index is 0.354. The predicted octanol–water partition coefficient (Wildman–Crippen LogP) is 2.41. The van der Waals surface area contributed by atoms with Crippen LogP contribution in [0.4, 0.5) is 0 Å². The van der Waals surface area contributed by atoms with Crippen molar-refractivity contribution >= 4 is 0 Å². The highest BCUT2D eigenvalue weighted by atomic mass is 16.5. The van der Waals surface area contributed by atoms with Crippen LogP contribution in [0.15, 0.2) is 0 Å². The smallest absolute Gasteiger partial charge is 0.0726 e. The van der Waals surface area contributed by atoms with Crippen molar-refractivity contribution in [1.82, 2.24) is 10.2 Å². The first-order valence-corrected chi connectivity index (χ1v) is 8.21. The van der Waals surface area contributed by atoms with Gasteiger partial charge in [-0.2, -0.15) is 0 Å². The Labute approximate surface area is 118 Å². The topological polar surface area (TPSA) is 24.5 Å². The van der Waals surface area contributed by atoms with Gasteiger partial charge in [0.2, 0.25) is 0 Å². The van der Waals surface area contributed by atoms with Gasteiger partial charge in [-0.1, -0.05) is 6.92 Å². The van der Waals surface area contributed by atoms with E-state index in [0.29, 0.717) is 23.7 Å².